The molecule has 1 nitrogen and oxygen atoms in total. The maximum Gasteiger partial charge on any atom is 0.132 e. The van der Waals surface area contributed by atoms with Crippen molar-refractivity contribution >= 4 is 0 Å². The van der Waals surface area contributed by atoms with E-state index in [1.54, 1.807) is 19.1 Å². The summed E-state index contributed by atoms with van der Waals surface area (Å²) in [5, 5.41) is 10.4. The van der Waals surface area contributed by atoms with Gasteiger partial charge in [-0.15, -0.1) is 0 Å². The Morgan fingerprint density at radius 2 is 1.87 bits per heavy atom. The van der Waals surface area contributed by atoms with Crippen LogP contribution in [-0.4, -0.2) is 5.11 Å². The fourth-order valence-electron chi connectivity index (χ4n) is 2.41. The normalized spacial score (nSPS) is 20.2. The molecule has 1 aromatic rings. The zero-order valence-corrected chi connectivity index (χ0v) is 9.09. The van der Waals surface area contributed by atoms with Crippen LogP contribution in [0.5, 0.6) is 0 Å². The SMILES string of the molecule is Cc1cccc(C2(O)CCCCC2)c1F. The van der Waals surface area contributed by atoms with E-state index in [0.717, 1.165) is 19.3 Å². The van der Waals surface area contributed by atoms with Gasteiger partial charge in [-0.25, -0.2) is 4.39 Å². The minimum atomic E-state index is -0.922. The van der Waals surface area contributed by atoms with Gasteiger partial charge in [0.2, 0.25) is 0 Å². The lowest BCUT2D eigenvalue weighted by Gasteiger charge is -2.33. The Kier molecular flexibility index (Phi) is 2.79. The first-order valence-electron chi connectivity index (χ1n) is 5.61. The lowest BCUT2D eigenvalue weighted by molar-refractivity contribution is -0.00383. The molecule has 0 atom stereocenters. The molecule has 0 amide bonds. The van der Waals surface area contributed by atoms with Crippen LogP contribution in [0.4, 0.5) is 4.39 Å². The van der Waals surface area contributed by atoms with Gasteiger partial charge in [-0.1, -0.05) is 37.5 Å². The van der Waals surface area contributed by atoms with E-state index in [9.17, 15) is 9.50 Å². The van der Waals surface area contributed by atoms with E-state index in [1.165, 1.54) is 0 Å². The van der Waals surface area contributed by atoms with Gasteiger partial charge >= 0.3 is 0 Å². The molecule has 0 heterocycles. The summed E-state index contributed by atoms with van der Waals surface area (Å²) in [5.74, 6) is -0.234. The number of aryl methyl sites for hydroxylation is 1. The smallest absolute Gasteiger partial charge is 0.132 e. The molecule has 0 unspecified atom stereocenters. The molecule has 2 heteroatoms. The molecule has 1 aliphatic rings. The number of aliphatic hydroxyl groups is 1. The third-order valence-electron chi connectivity index (χ3n) is 3.37. The van der Waals surface area contributed by atoms with Crippen LogP contribution in [0.3, 0.4) is 0 Å². The van der Waals surface area contributed by atoms with E-state index in [2.05, 4.69) is 0 Å². The van der Waals surface area contributed by atoms with Crippen molar-refractivity contribution in [2.45, 2.75) is 44.6 Å². The lowest BCUT2D eigenvalue weighted by Crippen LogP contribution is -2.29. The van der Waals surface area contributed by atoms with Crippen LogP contribution >= 0.6 is 0 Å². The summed E-state index contributed by atoms with van der Waals surface area (Å²) < 4.78 is 13.9. The Hall–Kier alpha value is -0.890. The van der Waals surface area contributed by atoms with E-state index < -0.39 is 5.60 Å². The van der Waals surface area contributed by atoms with Crippen LogP contribution in [0.25, 0.3) is 0 Å². The number of rotatable bonds is 1. The van der Waals surface area contributed by atoms with Crippen molar-refractivity contribution in [3.63, 3.8) is 0 Å². The summed E-state index contributed by atoms with van der Waals surface area (Å²) in [6, 6.07) is 5.28. The largest absolute Gasteiger partial charge is 0.385 e. The van der Waals surface area contributed by atoms with Crippen LogP contribution in [-0.2, 0) is 5.60 Å². The zero-order chi connectivity index (χ0) is 10.9. The van der Waals surface area contributed by atoms with Crippen molar-refractivity contribution in [3.05, 3.63) is 35.1 Å². The first-order chi connectivity index (χ1) is 7.13. The Labute approximate surface area is 89.9 Å². The fourth-order valence-corrected chi connectivity index (χ4v) is 2.41. The number of halogens is 1. The third-order valence-corrected chi connectivity index (χ3v) is 3.37. The minimum absolute atomic E-state index is 0.234. The summed E-state index contributed by atoms with van der Waals surface area (Å²) in [5.41, 5.74) is 0.183. The van der Waals surface area contributed by atoms with Crippen molar-refractivity contribution in [2.24, 2.45) is 0 Å². The van der Waals surface area contributed by atoms with Crippen molar-refractivity contribution in [2.75, 3.05) is 0 Å². The molecule has 0 spiro atoms. The van der Waals surface area contributed by atoms with Gasteiger partial charge in [0, 0.05) is 5.56 Å². The predicted octanol–water partition coefficient (Wildman–Crippen LogP) is 3.29. The second-order valence-electron chi connectivity index (χ2n) is 4.53. The molecule has 0 aromatic heterocycles. The molecule has 0 aliphatic heterocycles. The lowest BCUT2D eigenvalue weighted by atomic mass is 9.79. The first-order valence-corrected chi connectivity index (χ1v) is 5.61. The van der Waals surface area contributed by atoms with Gasteiger partial charge < -0.3 is 5.11 Å². The maximum atomic E-state index is 13.9. The quantitative estimate of drug-likeness (QED) is 0.750. The molecule has 0 saturated heterocycles. The summed E-state index contributed by atoms with van der Waals surface area (Å²) in [6.07, 6.45) is 4.50. The number of hydrogen-bond donors (Lipinski definition) is 1. The summed E-state index contributed by atoms with van der Waals surface area (Å²) in [6.45, 7) is 1.74. The molecule has 15 heavy (non-hydrogen) atoms. The molecule has 2 rings (SSSR count). The number of benzene rings is 1. The molecule has 1 saturated carbocycles. The average Bonchev–Trinajstić information content (AvgIpc) is 2.23. The van der Waals surface area contributed by atoms with Gasteiger partial charge in [0.15, 0.2) is 0 Å². The molecule has 1 N–H and O–H groups in total. The van der Waals surface area contributed by atoms with Crippen molar-refractivity contribution in [1.29, 1.82) is 0 Å². The molecule has 1 aliphatic carbocycles. The van der Waals surface area contributed by atoms with Crippen molar-refractivity contribution in [1.82, 2.24) is 0 Å². The van der Waals surface area contributed by atoms with E-state index in [0.29, 0.717) is 24.0 Å². The van der Waals surface area contributed by atoms with Gasteiger partial charge in [0.1, 0.15) is 5.82 Å². The standard InChI is InChI=1S/C13H17FO/c1-10-6-5-7-11(12(10)14)13(15)8-3-2-4-9-13/h5-7,15H,2-4,8-9H2,1H3. The summed E-state index contributed by atoms with van der Waals surface area (Å²) >= 11 is 0. The molecule has 0 radical (unpaired) electrons. The zero-order valence-electron chi connectivity index (χ0n) is 9.09. The van der Waals surface area contributed by atoms with Crippen LogP contribution in [0.1, 0.15) is 43.2 Å². The maximum absolute atomic E-state index is 13.9. The van der Waals surface area contributed by atoms with Crippen LogP contribution in [0.2, 0.25) is 0 Å². The van der Waals surface area contributed by atoms with Gasteiger partial charge in [0.05, 0.1) is 5.60 Å². The highest BCUT2D eigenvalue weighted by Crippen LogP contribution is 2.38. The topological polar surface area (TPSA) is 20.2 Å². The Morgan fingerprint density at radius 1 is 1.20 bits per heavy atom. The first kappa shape index (κ1) is 10.6. The Bertz CT molecular complexity index is 354. The van der Waals surface area contributed by atoms with Crippen LogP contribution in [0.15, 0.2) is 18.2 Å². The predicted molar refractivity (Wildman–Crippen MR) is 58.1 cm³/mol. The van der Waals surface area contributed by atoms with Gasteiger partial charge in [0.25, 0.3) is 0 Å². The van der Waals surface area contributed by atoms with Crippen LogP contribution < -0.4 is 0 Å². The summed E-state index contributed by atoms with van der Waals surface area (Å²) in [4.78, 5) is 0. The molecular formula is C13H17FO. The van der Waals surface area contributed by atoms with E-state index in [-0.39, 0.29) is 5.82 Å². The van der Waals surface area contributed by atoms with Gasteiger partial charge in [-0.3, -0.25) is 0 Å². The van der Waals surface area contributed by atoms with Crippen LogP contribution in [0, 0.1) is 12.7 Å². The highest BCUT2D eigenvalue weighted by atomic mass is 19.1. The second kappa shape index (κ2) is 3.93. The van der Waals surface area contributed by atoms with Crippen molar-refractivity contribution in [3.8, 4) is 0 Å². The second-order valence-corrected chi connectivity index (χ2v) is 4.53. The molecular weight excluding hydrogens is 191 g/mol. The summed E-state index contributed by atoms with van der Waals surface area (Å²) in [7, 11) is 0. The fraction of sp³-hybridized carbons (Fsp3) is 0.538. The number of hydrogen-bond acceptors (Lipinski definition) is 1. The van der Waals surface area contributed by atoms with E-state index >= 15 is 0 Å². The molecule has 1 aromatic carbocycles. The van der Waals surface area contributed by atoms with Crippen molar-refractivity contribution < 1.29 is 9.50 Å². The average molecular weight is 208 g/mol. The highest BCUT2D eigenvalue weighted by Gasteiger charge is 2.33. The minimum Gasteiger partial charge on any atom is -0.385 e. The Morgan fingerprint density at radius 3 is 2.53 bits per heavy atom. The monoisotopic (exact) mass is 208 g/mol. The highest BCUT2D eigenvalue weighted by molar-refractivity contribution is 5.30. The van der Waals surface area contributed by atoms with E-state index in [1.807, 2.05) is 6.07 Å². The third kappa shape index (κ3) is 1.91. The Balaban J connectivity index is 2.39. The molecule has 82 valence electrons. The van der Waals surface area contributed by atoms with Gasteiger partial charge in [-0.05, 0) is 25.3 Å². The molecule has 0 bridgehead atoms. The van der Waals surface area contributed by atoms with Gasteiger partial charge in [-0.2, -0.15) is 0 Å². The van der Waals surface area contributed by atoms with E-state index in [4.69, 9.17) is 0 Å². The molecule has 1 fully saturated rings.